The number of hydrogen-bond acceptors (Lipinski definition) is 5. The zero-order chi connectivity index (χ0) is 25.9. The fourth-order valence-corrected chi connectivity index (χ4v) is 5.84. The highest BCUT2D eigenvalue weighted by molar-refractivity contribution is 7.89. The monoisotopic (exact) mass is 506 g/mol. The van der Waals surface area contributed by atoms with Gasteiger partial charge in [-0.05, 0) is 43.5 Å². The molecule has 1 saturated heterocycles. The number of cyclic esters (lactones) is 1. The maximum Gasteiger partial charge on any atom is 0.417 e. The van der Waals surface area contributed by atoms with Crippen LogP contribution in [0, 0.1) is 12.8 Å². The van der Waals surface area contributed by atoms with Crippen LogP contribution < -0.4 is 4.72 Å². The first-order valence-corrected chi connectivity index (χ1v) is 13.4. The zero-order valence-electron chi connectivity index (χ0n) is 20.5. The Balaban J connectivity index is 1.67. The Kier molecular flexibility index (Phi) is 7.56. The zero-order valence-corrected chi connectivity index (χ0v) is 21.3. The predicted octanol–water partition coefficient (Wildman–Crippen LogP) is 5.15. The molecule has 0 radical (unpaired) electrons. The van der Waals surface area contributed by atoms with Crippen molar-refractivity contribution in [2.24, 2.45) is 5.92 Å². The molecule has 8 heteroatoms. The third-order valence-corrected chi connectivity index (χ3v) is 8.02. The summed E-state index contributed by atoms with van der Waals surface area (Å²) in [6.07, 6.45) is -1.02. The van der Waals surface area contributed by atoms with Crippen LogP contribution >= 0.6 is 0 Å². The minimum Gasteiger partial charge on any atom is -0.439 e. The van der Waals surface area contributed by atoms with Gasteiger partial charge in [-0.1, -0.05) is 85.3 Å². The van der Waals surface area contributed by atoms with Crippen LogP contribution in [0.4, 0.5) is 4.79 Å². The van der Waals surface area contributed by atoms with Crippen molar-refractivity contribution in [3.8, 4) is 0 Å². The maximum atomic E-state index is 13.8. The van der Waals surface area contributed by atoms with Crippen molar-refractivity contribution >= 4 is 22.0 Å². The normalized spacial score (nSPS) is 19.5. The Morgan fingerprint density at radius 3 is 2.14 bits per heavy atom. The molecule has 0 aromatic heterocycles. The molecule has 0 unspecified atom stereocenters. The third-order valence-electron chi connectivity index (χ3n) is 6.57. The number of benzene rings is 3. The maximum absolute atomic E-state index is 13.8. The number of aryl methyl sites for hydroxylation is 1. The summed E-state index contributed by atoms with van der Waals surface area (Å²) in [6, 6.07) is 23.3. The first-order valence-electron chi connectivity index (χ1n) is 12.0. The van der Waals surface area contributed by atoms with Crippen molar-refractivity contribution in [2.45, 2.75) is 50.3 Å². The second-order valence-corrected chi connectivity index (χ2v) is 10.7. The quantitative estimate of drug-likeness (QED) is 0.456. The van der Waals surface area contributed by atoms with Crippen molar-refractivity contribution in [1.29, 1.82) is 0 Å². The molecule has 3 aromatic rings. The van der Waals surface area contributed by atoms with Gasteiger partial charge in [0, 0.05) is 0 Å². The Morgan fingerprint density at radius 1 is 0.972 bits per heavy atom. The molecule has 1 aliphatic rings. The molecule has 7 nitrogen and oxygen atoms in total. The molecule has 36 heavy (non-hydrogen) atoms. The lowest BCUT2D eigenvalue weighted by molar-refractivity contribution is -0.134. The number of carbonyl (C=O) groups excluding carboxylic acids is 2. The van der Waals surface area contributed by atoms with E-state index in [4.69, 9.17) is 4.74 Å². The molecule has 3 aromatic carbocycles. The van der Waals surface area contributed by atoms with Gasteiger partial charge in [-0.25, -0.2) is 22.8 Å². The molecule has 4 atom stereocenters. The number of nitrogens with zero attached hydrogens (tertiary/aromatic N) is 1. The molecule has 1 heterocycles. The molecular weight excluding hydrogens is 476 g/mol. The van der Waals surface area contributed by atoms with Gasteiger partial charge in [0.2, 0.25) is 15.9 Å². The number of hydrogen-bond donors (Lipinski definition) is 1. The Morgan fingerprint density at radius 2 is 1.56 bits per heavy atom. The van der Waals surface area contributed by atoms with E-state index in [1.165, 1.54) is 12.1 Å². The summed E-state index contributed by atoms with van der Waals surface area (Å²) in [4.78, 5) is 28.0. The van der Waals surface area contributed by atoms with E-state index in [2.05, 4.69) is 4.72 Å². The second-order valence-electron chi connectivity index (χ2n) is 9.00. The van der Waals surface area contributed by atoms with Crippen LogP contribution in [0.5, 0.6) is 0 Å². The lowest BCUT2D eigenvalue weighted by Gasteiger charge is -2.30. The highest BCUT2D eigenvalue weighted by Crippen LogP contribution is 2.36. The molecule has 188 valence electrons. The molecule has 1 N–H and O–H groups in total. The summed E-state index contributed by atoms with van der Waals surface area (Å²) < 4.78 is 35.0. The number of nitrogens with one attached hydrogen (secondary N) is 1. The van der Waals surface area contributed by atoms with Crippen LogP contribution in [-0.4, -0.2) is 31.4 Å². The van der Waals surface area contributed by atoms with E-state index in [0.29, 0.717) is 12.0 Å². The molecule has 0 aliphatic carbocycles. The van der Waals surface area contributed by atoms with Gasteiger partial charge < -0.3 is 4.74 Å². The van der Waals surface area contributed by atoms with E-state index in [1.807, 2.05) is 43.3 Å². The van der Waals surface area contributed by atoms with Gasteiger partial charge in [-0.15, -0.1) is 0 Å². The van der Waals surface area contributed by atoms with Crippen LogP contribution in [0.2, 0.25) is 0 Å². The van der Waals surface area contributed by atoms with E-state index >= 15 is 0 Å². The fourth-order valence-electron chi connectivity index (χ4n) is 4.57. The van der Waals surface area contributed by atoms with E-state index in [9.17, 15) is 18.0 Å². The first kappa shape index (κ1) is 25.6. The number of ether oxygens (including phenoxy) is 1. The summed E-state index contributed by atoms with van der Waals surface area (Å²) in [5.74, 6) is -1.31. The van der Waals surface area contributed by atoms with Gasteiger partial charge in [0.15, 0.2) is 0 Å². The Hall–Kier alpha value is -3.49. The third kappa shape index (κ3) is 5.20. The number of amides is 2. The number of rotatable bonds is 8. The minimum absolute atomic E-state index is 0.106. The smallest absolute Gasteiger partial charge is 0.417 e. The van der Waals surface area contributed by atoms with Crippen LogP contribution in [0.25, 0.3) is 0 Å². The Labute approximate surface area is 212 Å². The summed E-state index contributed by atoms with van der Waals surface area (Å²) >= 11 is 0. The largest absolute Gasteiger partial charge is 0.439 e. The van der Waals surface area contributed by atoms with E-state index in [-0.39, 0.29) is 4.90 Å². The van der Waals surface area contributed by atoms with E-state index in [1.54, 1.807) is 50.2 Å². The SMILES string of the molecule is CC[C@@H](C(=O)N1C(=O)O[C@H](c2ccccc2)[C@@H]1C)[C@H](NS(=O)(=O)c1ccc(C)cc1)c1ccccc1. The van der Waals surface area contributed by atoms with E-state index in [0.717, 1.165) is 16.0 Å². The van der Waals surface area contributed by atoms with Gasteiger partial charge in [-0.3, -0.25) is 4.79 Å². The van der Waals surface area contributed by atoms with Crippen LogP contribution in [0.3, 0.4) is 0 Å². The van der Waals surface area contributed by atoms with Gasteiger partial charge in [0.25, 0.3) is 0 Å². The standard InChI is InChI=1S/C28H30N2O5S/c1-4-24(27(31)30-20(3)26(35-28(30)32)22-13-9-6-10-14-22)25(21-11-7-5-8-12-21)29-36(33,34)23-17-15-19(2)16-18-23/h5-18,20,24-26,29H,4H2,1-3H3/t20-,24+,25+,26-/m0/s1. The van der Waals surface area contributed by atoms with E-state index < -0.39 is 46.1 Å². The number of sulfonamides is 1. The van der Waals surface area contributed by atoms with Crippen LogP contribution in [0.1, 0.15) is 49.1 Å². The summed E-state index contributed by atoms with van der Waals surface area (Å²) in [5, 5.41) is 0. The van der Waals surface area contributed by atoms with Crippen molar-refractivity contribution in [2.75, 3.05) is 0 Å². The number of imide groups is 1. The van der Waals surface area contributed by atoms with Gasteiger partial charge in [0.1, 0.15) is 6.10 Å². The molecule has 0 bridgehead atoms. The lowest BCUT2D eigenvalue weighted by atomic mass is 9.89. The van der Waals surface area contributed by atoms with Gasteiger partial charge in [0.05, 0.1) is 22.9 Å². The molecule has 1 fully saturated rings. The van der Waals surface area contributed by atoms with Crippen molar-refractivity contribution in [3.05, 3.63) is 102 Å². The minimum atomic E-state index is -3.95. The fraction of sp³-hybridized carbons (Fsp3) is 0.286. The molecule has 4 rings (SSSR count). The van der Waals surface area contributed by atoms with Crippen molar-refractivity contribution < 1.29 is 22.7 Å². The topological polar surface area (TPSA) is 92.8 Å². The van der Waals surface area contributed by atoms with Gasteiger partial charge in [-0.2, -0.15) is 0 Å². The van der Waals surface area contributed by atoms with Crippen molar-refractivity contribution in [1.82, 2.24) is 9.62 Å². The van der Waals surface area contributed by atoms with Gasteiger partial charge >= 0.3 is 6.09 Å². The highest BCUT2D eigenvalue weighted by Gasteiger charge is 2.47. The molecule has 0 spiro atoms. The predicted molar refractivity (Wildman–Crippen MR) is 136 cm³/mol. The molecule has 2 amide bonds. The van der Waals surface area contributed by atoms with Crippen molar-refractivity contribution in [3.63, 3.8) is 0 Å². The van der Waals surface area contributed by atoms with Crippen LogP contribution in [-0.2, 0) is 19.6 Å². The molecule has 1 aliphatic heterocycles. The first-order chi connectivity index (χ1) is 17.2. The van der Waals surface area contributed by atoms with Crippen LogP contribution in [0.15, 0.2) is 89.8 Å². The average Bonchev–Trinajstić information content (AvgIpc) is 3.18. The highest BCUT2D eigenvalue weighted by atomic mass is 32.2. The Bertz CT molecular complexity index is 1310. The second kappa shape index (κ2) is 10.6. The number of carbonyl (C=O) groups is 2. The lowest BCUT2D eigenvalue weighted by Crippen LogP contribution is -2.46. The molecule has 0 saturated carbocycles. The average molecular weight is 507 g/mol. The summed E-state index contributed by atoms with van der Waals surface area (Å²) in [5.41, 5.74) is 2.36. The summed E-state index contributed by atoms with van der Waals surface area (Å²) in [7, 11) is -3.95. The summed E-state index contributed by atoms with van der Waals surface area (Å²) in [6.45, 7) is 5.45. The molecular formula is C28H30N2O5S.